The third-order valence-corrected chi connectivity index (χ3v) is 10.4. The van der Waals surface area contributed by atoms with Crippen LogP contribution in [0.3, 0.4) is 0 Å². The molecule has 0 unspecified atom stereocenters. The molecule has 0 fully saturated rings. The van der Waals surface area contributed by atoms with Crippen LogP contribution in [0.25, 0.3) is 110 Å². The van der Waals surface area contributed by atoms with E-state index < -0.39 is 0 Å². The molecule has 8 aromatic carbocycles. The SMILES string of the molecule is c1ccc2c(c1)ccc1ccc(-c3ccc(-c4ccc5ccc6ccc(-c7ccc8ccc9cccc%10ccc7c8c9%10)nc6c5n4)cc3)nc12. The third-order valence-electron chi connectivity index (χ3n) is 10.4. The van der Waals surface area contributed by atoms with Crippen molar-refractivity contribution in [2.75, 3.05) is 0 Å². The lowest BCUT2D eigenvalue weighted by atomic mass is 9.91. The van der Waals surface area contributed by atoms with Crippen LogP contribution in [0, 0.1) is 0 Å². The smallest absolute Gasteiger partial charge is 0.0972 e. The molecule has 0 aliphatic rings. The Labute approximate surface area is 287 Å². The minimum Gasteiger partial charge on any atom is -0.247 e. The quantitative estimate of drug-likeness (QED) is 0.182. The first kappa shape index (κ1) is 27.3. The van der Waals surface area contributed by atoms with Gasteiger partial charge < -0.3 is 0 Å². The van der Waals surface area contributed by atoms with Crippen LogP contribution in [-0.4, -0.2) is 15.0 Å². The fraction of sp³-hybridized carbons (Fsp3) is 0. The van der Waals surface area contributed by atoms with Crippen molar-refractivity contribution in [3.05, 3.63) is 164 Å². The molecule has 0 N–H and O–H groups in total. The fourth-order valence-corrected chi connectivity index (χ4v) is 7.87. The summed E-state index contributed by atoms with van der Waals surface area (Å²) < 4.78 is 0. The standard InChI is InChI=1S/C47H27N3/c1-2-7-37-28(4-1)8-15-34-20-25-40(48-45(34)37)29-9-11-30(12-10-29)41-26-21-35-16-17-36-22-27-42(50-47(36)46(35)49-41)38-23-18-33-14-13-31-5-3-6-32-19-24-39(38)44(33)43(31)32/h1-27H. The predicted octanol–water partition coefficient (Wildman–Crippen LogP) is 12.4. The highest BCUT2D eigenvalue weighted by atomic mass is 14.8. The third kappa shape index (κ3) is 4.07. The first-order valence-electron chi connectivity index (χ1n) is 17.0. The summed E-state index contributed by atoms with van der Waals surface area (Å²) in [6.45, 7) is 0. The lowest BCUT2D eigenvalue weighted by molar-refractivity contribution is 1.37. The molecule has 0 spiro atoms. The summed E-state index contributed by atoms with van der Waals surface area (Å²) >= 11 is 0. The van der Waals surface area contributed by atoms with Crippen molar-refractivity contribution in [3.8, 4) is 33.8 Å². The van der Waals surface area contributed by atoms with E-state index in [-0.39, 0.29) is 0 Å². The molecule has 3 aromatic heterocycles. The van der Waals surface area contributed by atoms with Crippen molar-refractivity contribution in [2.45, 2.75) is 0 Å². The number of benzene rings is 8. The molecular weight excluding hydrogens is 607 g/mol. The minimum absolute atomic E-state index is 0.909. The number of fused-ring (bicyclic) bond motifs is 6. The van der Waals surface area contributed by atoms with E-state index in [1.165, 1.54) is 43.1 Å². The van der Waals surface area contributed by atoms with Crippen LogP contribution in [0.1, 0.15) is 0 Å². The summed E-state index contributed by atoms with van der Waals surface area (Å²) in [4.78, 5) is 15.7. The van der Waals surface area contributed by atoms with Crippen LogP contribution >= 0.6 is 0 Å². The van der Waals surface area contributed by atoms with E-state index in [9.17, 15) is 0 Å². The Morgan fingerprint density at radius 3 is 1.42 bits per heavy atom. The highest BCUT2D eigenvalue weighted by Gasteiger charge is 2.15. The summed E-state index contributed by atoms with van der Waals surface area (Å²) in [5, 5.41) is 13.3. The fourth-order valence-electron chi connectivity index (χ4n) is 7.87. The average molecular weight is 634 g/mol. The van der Waals surface area contributed by atoms with Crippen molar-refractivity contribution in [2.24, 2.45) is 0 Å². The molecule has 0 radical (unpaired) electrons. The van der Waals surface area contributed by atoms with Crippen LogP contribution in [0.4, 0.5) is 0 Å². The van der Waals surface area contributed by atoms with Gasteiger partial charge in [0.25, 0.3) is 0 Å². The number of hydrogen-bond acceptors (Lipinski definition) is 3. The molecule has 3 nitrogen and oxygen atoms in total. The first-order chi connectivity index (χ1) is 24.7. The van der Waals surface area contributed by atoms with Gasteiger partial charge in [0.05, 0.1) is 33.6 Å². The van der Waals surface area contributed by atoms with Crippen LogP contribution in [0.2, 0.25) is 0 Å². The topological polar surface area (TPSA) is 38.7 Å². The molecule has 0 amide bonds. The number of nitrogens with zero attached hydrogens (tertiary/aromatic N) is 3. The second-order valence-corrected chi connectivity index (χ2v) is 13.2. The minimum atomic E-state index is 0.909. The van der Waals surface area contributed by atoms with Crippen molar-refractivity contribution in [1.29, 1.82) is 0 Å². The largest absolute Gasteiger partial charge is 0.247 e. The second kappa shape index (κ2) is 10.4. The van der Waals surface area contributed by atoms with Crippen molar-refractivity contribution in [3.63, 3.8) is 0 Å². The zero-order valence-corrected chi connectivity index (χ0v) is 26.9. The van der Waals surface area contributed by atoms with Gasteiger partial charge in [-0.15, -0.1) is 0 Å². The van der Waals surface area contributed by atoms with Gasteiger partial charge in [0, 0.05) is 38.2 Å². The maximum absolute atomic E-state index is 5.32. The number of rotatable bonds is 3. The molecule has 0 aliphatic heterocycles. The van der Waals surface area contributed by atoms with E-state index in [1.54, 1.807) is 0 Å². The Morgan fingerprint density at radius 2 is 0.720 bits per heavy atom. The van der Waals surface area contributed by atoms with E-state index >= 15 is 0 Å². The van der Waals surface area contributed by atoms with Crippen molar-refractivity contribution < 1.29 is 0 Å². The predicted molar refractivity (Wildman–Crippen MR) is 210 cm³/mol. The Bertz CT molecular complexity index is 3130. The van der Waals surface area contributed by atoms with E-state index in [0.29, 0.717) is 0 Å². The second-order valence-electron chi connectivity index (χ2n) is 13.2. The van der Waals surface area contributed by atoms with Gasteiger partial charge in [-0.2, -0.15) is 0 Å². The van der Waals surface area contributed by atoms with Crippen molar-refractivity contribution >= 4 is 75.8 Å². The molecule has 11 rings (SSSR count). The molecule has 0 atom stereocenters. The lowest BCUT2D eigenvalue weighted by Gasteiger charge is -2.14. The highest BCUT2D eigenvalue weighted by Crippen LogP contribution is 2.39. The van der Waals surface area contributed by atoms with Gasteiger partial charge >= 0.3 is 0 Å². The lowest BCUT2D eigenvalue weighted by Crippen LogP contribution is -1.92. The monoisotopic (exact) mass is 633 g/mol. The Hall–Kier alpha value is -6.71. The van der Waals surface area contributed by atoms with Crippen LogP contribution in [0.15, 0.2) is 164 Å². The maximum Gasteiger partial charge on any atom is 0.0972 e. The summed E-state index contributed by atoms with van der Waals surface area (Å²) in [5.41, 5.74) is 8.96. The molecular formula is C47H27N3. The van der Waals surface area contributed by atoms with E-state index in [4.69, 9.17) is 15.0 Å². The number of pyridine rings is 3. The molecule has 11 aromatic rings. The van der Waals surface area contributed by atoms with Gasteiger partial charge in [-0.3, -0.25) is 0 Å². The molecule has 0 bridgehead atoms. The number of hydrogen-bond donors (Lipinski definition) is 0. The zero-order chi connectivity index (χ0) is 32.8. The molecule has 0 aliphatic carbocycles. The van der Waals surface area contributed by atoms with Gasteiger partial charge in [0.1, 0.15) is 0 Å². The van der Waals surface area contributed by atoms with Gasteiger partial charge in [0.2, 0.25) is 0 Å². The molecule has 50 heavy (non-hydrogen) atoms. The normalized spacial score (nSPS) is 12.0. The first-order valence-corrected chi connectivity index (χ1v) is 17.0. The summed E-state index contributed by atoms with van der Waals surface area (Å²) in [6, 6.07) is 58.4. The van der Waals surface area contributed by atoms with Crippen LogP contribution < -0.4 is 0 Å². The zero-order valence-electron chi connectivity index (χ0n) is 26.9. The van der Waals surface area contributed by atoms with Gasteiger partial charge in [-0.05, 0) is 55.9 Å². The van der Waals surface area contributed by atoms with E-state index in [0.717, 1.165) is 66.5 Å². The van der Waals surface area contributed by atoms with E-state index in [1.807, 2.05) is 0 Å². The molecule has 3 heteroatoms. The Morgan fingerprint density at radius 1 is 0.260 bits per heavy atom. The molecule has 3 heterocycles. The summed E-state index contributed by atoms with van der Waals surface area (Å²) in [6.07, 6.45) is 0. The number of aromatic nitrogens is 3. The van der Waals surface area contributed by atoms with Gasteiger partial charge in [0.15, 0.2) is 0 Å². The van der Waals surface area contributed by atoms with Crippen LogP contribution in [0.5, 0.6) is 0 Å². The molecule has 230 valence electrons. The van der Waals surface area contributed by atoms with Crippen molar-refractivity contribution in [1.82, 2.24) is 15.0 Å². The van der Waals surface area contributed by atoms with E-state index in [2.05, 4.69) is 164 Å². The highest BCUT2D eigenvalue weighted by molar-refractivity contribution is 6.25. The molecule has 0 saturated heterocycles. The van der Waals surface area contributed by atoms with Crippen LogP contribution in [-0.2, 0) is 0 Å². The molecule has 0 saturated carbocycles. The Kier molecular flexibility index (Phi) is 5.67. The Balaban J connectivity index is 1.01. The average Bonchev–Trinajstić information content (AvgIpc) is 3.19. The van der Waals surface area contributed by atoms with Gasteiger partial charge in [-0.25, -0.2) is 15.0 Å². The summed E-state index contributed by atoms with van der Waals surface area (Å²) in [7, 11) is 0. The maximum atomic E-state index is 5.32. The van der Waals surface area contributed by atoms with Gasteiger partial charge in [-0.1, -0.05) is 146 Å². The summed E-state index contributed by atoms with van der Waals surface area (Å²) in [5.74, 6) is 0.